The third kappa shape index (κ3) is 10.2. The molecule has 0 bridgehead atoms. The lowest BCUT2D eigenvalue weighted by Gasteiger charge is -2.28. The number of amides is 1. The predicted molar refractivity (Wildman–Crippen MR) is 125 cm³/mol. The van der Waals surface area contributed by atoms with E-state index in [1.54, 1.807) is 0 Å². The number of ether oxygens (including phenoxy) is 1. The molecule has 2 fully saturated rings. The van der Waals surface area contributed by atoms with Crippen LogP contribution in [0.5, 0.6) is 0 Å². The number of morpholine rings is 1. The van der Waals surface area contributed by atoms with Crippen LogP contribution in [-0.2, 0) is 9.53 Å². The van der Waals surface area contributed by atoms with Gasteiger partial charge in [0.2, 0.25) is 5.91 Å². The number of hydrogen-bond acceptors (Lipinski definition) is 4. The van der Waals surface area contributed by atoms with Crippen molar-refractivity contribution in [3.63, 3.8) is 0 Å². The second-order valence-electron chi connectivity index (χ2n) is 7.71. The third-order valence-electron chi connectivity index (χ3n) is 5.15. The van der Waals surface area contributed by atoms with Crippen LogP contribution in [0.1, 0.15) is 46.0 Å². The molecule has 28 heavy (non-hydrogen) atoms. The van der Waals surface area contributed by atoms with Gasteiger partial charge in [-0.2, -0.15) is 0 Å². The highest BCUT2D eigenvalue weighted by atomic mass is 127. The lowest BCUT2D eigenvalue weighted by Crippen LogP contribution is -2.41. The molecule has 2 N–H and O–H groups in total. The molecule has 0 saturated carbocycles. The molecule has 164 valence electrons. The summed E-state index contributed by atoms with van der Waals surface area (Å²) in [5.74, 6) is 1.73. The zero-order valence-corrected chi connectivity index (χ0v) is 20.1. The second kappa shape index (κ2) is 15.3. The van der Waals surface area contributed by atoms with Crippen LogP contribution in [0.15, 0.2) is 4.99 Å². The third-order valence-corrected chi connectivity index (χ3v) is 5.15. The van der Waals surface area contributed by atoms with Crippen molar-refractivity contribution in [2.24, 2.45) is 10.9 Å². The van der Waals surface area contributed by atoms with Crippen LogP contribution in [0.4, 0.5) is 0 Å². The Hall–Kier alpha value is -0.610. The Morgan fingerprint density at radius 2 is 1.96 bits per heavy atom. The number of likely N-dealkylation sites (tertiary alicyclic amines) is 1. The number of nitrogens with zero attached hydrogens (tertiary/aromatic N) is 3. The fraction of sp³-hybridized carbons (Fsp3) is 0.900. The maximum absolute atomic E-state index is 12.0. The number of halogens is 1. The van der Waals surface area contributed by atoms with Crippen LogP contribution in [0.3, 0.4) is 0 Å². The summed E-state index contributed by atoms with van der Waals surface area (Å²) in [6, 6.07) is 0. The van der Waals surface area contributed by atoms with E-state index >= 15 is 0 Å². The fourth-order valence-corrected chi connectivity index (χ4v) is 3.62. The smallest absolute Gasteiger partial charge is 0.222 e. The van der Waals surface area contributed by atoms with Gasteiger partial charge in [-0.3, -0.25) is 14.7 Å². The van der Waals surface area contributed by atoms with Gasteiger partial charge in [-0.15, -0.1) is 24.0 Å². The highest BCUT2D eigenvalue weighted by Crippen LogP contribution is 2.11. The van der Waals surface area contributed by atoms with E-state index < -0.39 is 0 Å². The van der Waals surface area contributed by atoms with Gasteiger partial charge in [0.1, 0.15) is 0 Å². The van der Waals surface area contributed by atoms with E-state index in [9.17, 15) is 4.79 Å². The van der Waals surface area contributed by atoms with Crippen LogP contribution in [-0.4, -0.2) is 87.2 Å². The molecule has 0 aromatic rings. The van der Waals surface area contributed by atoms with Gasteiger partial charge in [0.25, 0.3) is 0 Å². The number of aliphatic imine (C=N–C) groups is 1. The number of carbonyl (C=O) groups is 1. The molecule has 2 saturated heterocycles. The molecule has 2 aliphatic heterocycles. The molecule has 0 aliphatic carbocycles. The number of hydrogen-bond donors (Lipinski definition) is 2. The van der Waals surface area contributed by atoms with Crippen LogP contribution < -0.4 is 10.6 Å². The van der Waals surface area contributed by atoms with Gasteiger partial charge in [0.15, 0.2) is 5.96 Å². The highest BCUT2D eigenvalue weighted by Gasteiger charge is 2.16. The van der Waals surface area contributed by atoms with Gasteiger partial charge in [0.05, 0.1) is 13.2 Å². The molecule has 2 heterocycles. The molecule has 8 heteroatoms. The van der Waals surface area contributed by atoms with Crippen molar-refractivity contribution >= 4 is 35.8 Å². The quantitative estimate of drug-likeness (QED) is 0.215. The van der Waals surface area contributed by atoms with Gasteiger partial charge >= 0.3 is 0 Å². The Morgan fingerprint density at radius 1 is 1.18 bits per heavy atom. The molecule has 1 atom stereocenters. The molecule has 0 spiro atoms. The average Bonchev–Trinajstić information content (AvgIpc) is 2.88. The minimum absolute atomic E-state index is 0. The molecule has 2 rings (SSSR count). The van der Waals surface area contributed by atoms with Gasteiger partial charge in [-0.25, -0.2) is 0 Å². The molecule has 7 nitrogen and oxygen atoms in total. The maximum Gasteiger partial charge on any atom is 0.222 e. The lowest BCUT2D eigenvalue weighted by molar-refractivity contribution is -0.130. The van der Waals surface area contributed by atoms with E-state index in [-0.39, 0.29) is 24.0 Å². The Morgan fingerprint density at radius 3 is 2.71 bits per heavy atom. The number of guanidine groups is 1. The molecular weight excluding hydrogens is 469 g/mol. The summed E-state index contributed by atoms with van der Waals surface area (Å²) in [5, 5.41) is 6.74. The first-order valence-electron chi connectivity index (χ1n) is 10.8. The summed E-state index contributed by atoms with van der Waals surface area (Å²) >= 11 is 0. The first-order valence-corrected chi connectivity index (χ1v) is 10.8. The number of carbonyl (C=O) groups excluding carboxylic acids is 1. The molecule has 1 amide bonds. The summed E-state index contributed by atoms with van der Waals surface area (Å²) in [6.07, 6.45) is 5.05. The molecular formula is C20H40IN5O2. The van der Waals surface area contributed by atoms with Crippen molar-refractivity contribution in [3.8, 4) is 0 Å². The summed E-state index contributed by atoms with van der Waals surface area (Å²) < 4.78 is 5.41. The molecule has 0 aromatic heterocycles. The van der Waals surface area contributed by atoms with E-state index in [1.165, 1.54) is 6.42 Å². The SMILES string of the molecule is CCNC(=NCC(C)CN1CCOCC1)NCCCN1CCCCCC1=O.I. The van der Waals surface area contributed by atoms with E-state index in [0.29, 0.717) is 11.8 Å². The van der Waals surface area contributed by atoms with Gasteiger partial charge < -0.3 is 20.3 Å². The normalized spacial score (nSPS) is 20.3. The lowest BCUT2D eigenvalue weighted by atomic mass is 10.1. The van der Waals surface area contributed by atoms with Crippen LogP contribution in [0, 0.1) is 5.92 Å². The van der Waals surface area contributed by atoms with E-state index in [4.69, 9.17) is 9.73 Å². The number of rotatable bonds is 9. The topological polar surface area (TPSA) is 69.2 Å². The maximum atomic E-state index is 12.0. The van der Waals surface area contributed by atoms with Gasteiger partial charge in [-0.1, -0.05) is 13.3 Å². The Labute approximate surface area is 188 Å². The zero-order chi connectivity index (χ0) is 19.3. The minimum Gasteiger partial charge on any atom is -0.379 e. The molecule has 0 aromatic carbocycles. The van der Waals surface area contributed by atoms with E-state index in [0.717, 1.165) is 97.2 Å². The van der Waals surface area contributed by atoms with Crippen molar-refractivity contribution in [2.75, 3.05) is 65.6 Å². The van der Waals surface area contributed by atoms with Crippen molar-refractivity contribution in [3.05, 3.63) is 0 Å². The summed E-state index contributed by atoms with van der Waals surface area (Å²) in [4.78, 5) is 21.3. The molecule has 2 aliphatic rings. The summed E-state index contributed by atoms with van der Waals surface area (Å²) in [5.41, 5.74) is 0. The largest absolute Gasteiger partial charge is 0.379 e. The Bertz CT molecular complexity index is 458. The Balaban J connectivity index is 0.00000392. The first-order chi connectivity index (χ1) is 13.2. The zero-order valence-electron chi connectivity index (χ0n) is 17.8. The van der Waals surface area contributed by atoms with Crippen LogP contribution >= 0.6 is 24.0 Å². The van der Waals surface area contributed by atoms with Crippen molar-refractivity contribution in [2.45, 2.75) is 46.0 Å². The molecule has 0 radical (unpaired) electrons. The van der Waals surface area contributed by atoms with Crippen molar-refractivity contribution < 1.29 is 9.53 Å². The average molecular weight is 509 g/mol. The first kappa shape index (κ1) is 25.4. The number of nitrogens with one attached hydrogen (secondary N) is 2. The fourth-order valence-electron chi connectivity index (χ4n) is 3.62. The van der Waals surface area contributed by atoms with Gasteiger partial charge in [0, 0.05) is 58.8 Å². The van der Waals surface area contributed by atoms with E-state index in [2.05, 4.69) is 29.4 Å². The van der Waals surface area contributed by atoms with Crippen LogP contribution in [0.2, 0.25) is 0 Å². The second-order valence-corrected chi connectivity index (χ2v) is 7.71. The monoisotopic (exact) mass is 509 g/mol. The van der Waals surface area contributed by atoms with Gasteiger partial charge in [-0.05, 0) is 32.1 Å². The molecule has 1 unspecified atom stereocenters. The summed E-state index contributed by atoms with van der Waals surface area (Å²) in [7, 11) is 0. The van der Waals surface area contributed by atoms with E-state index in [1.807, 2.05) is 4.90 Å². The predicted octanol–water partition coefficient (Wildman–Crippen LogP) is 1.92. The Kier molecular flexibility index (Phi) is 13.9. The van der Waals surface area contributed by atoms with Crippen LogP contribution in [0.25, 0.3) is 0 Å². The highest BCUT2D eigenvalue weighted by molar-refractivity contribution is 14.0. The van der Waals surface area contributed by atoms with Crippen molar-refractivity contribution in [1.29, 1.82) is 0 Å². The standard InChI is InChI=1S/C20H39N5O2.HI/c1-3-21-20(23-16-18(2)17-24-12-14-27-15-13-24)22-9-7-11-25-10-6-4-5-8-19(25)26;/h18H,3-17H2,1-2H3,(H2,21,22,23);1H. The van der Waals surface area contributed by atoms with Crippen molar-refractivity contribution in [1.82, 2.24) is 20.4 Å². The minimum atomic E-state index is 0. The summed E-state index contributed by atoms with van der Waals surface area (Å²) in [6.45, 7) is 13.5.